The lowest BCUT2D eigenvalue weighted by Crippen LogP contribution is -2.20. The number of aromatic nitrogens is 1. The summed E-state index contributed by atoms with van der Waals surface area (Å²) in [6, 6.07) is 12.9. The van der Waals surface area contributed by atoms with Crippen molar-refractivity contribution in [2.75, 3.05) is 11.9 Å². The average molecular weight is 398 g/mol. The number of hydrogen-bond acceptors (Lipinski definition) is 4. The fraction of sp³-hybridized carbons (Fsp3) is 0.0667. The largest absolute Gasteiger partial charge is 0.482 e. The molecule has 1 aromatic heterocycles. The Morgan fingerprint density at radius 3 is 2.91 bits per heavy atom. The van der Waals surface area contributed by atoms with Crippen molar-refractivity contribution in [2.45, 2.75) is 0 Å². The Morgan fingerprint density at radius 1 is 1.32 bits per heavy atom. The number of nitrogens with one attached hydrogen (secondary N) is 1. The van der Waals surface area contributed by atoms with Crippen LogP contribution in [0.5, 0.6) is 5.75 Å². The lowest BCUT2D eigenvalue weighted by atomic mass is 10.3. The molecule has 1 heterocycles. The minimum Gasteiger partial charge on any atom is -0.482 e. The Bertz CT molecular complexity index is 804. The van der Waals surface area contributed by atoms with Gasteiger partial charge in [0.15, 0.2) is 11.7 Å². The number of hydrogen-bond donors (Lipinski definition) is 1. The molecular formula is C15H10BrClN2O2S. The van der Waals surface area contributed by atoms with Gasteiger partial charge in [-0.1, -0.05) is 51.0 Å². The Morgan fingerprint density at radius 2 is 2.14 bits per heavy atom. The number of carbonyl (C=O) groups is 1. The molecule has 1 N–H and O–H groups in total. The fourth-order valence-electron chi connectivity index (χ4n) is 1.82. The van der Waals surface area contributed by atoms with E-state index in [-0.39, 0.29) is 12.5 Å². The third-order valence-corrected chi connectivity index (χ3v) is 4.53. The van der Waals surface area contributed by atoms with Gasteiger partial charge in [0.1, 0.15) is 5.75 Å². The standard InChI is InChI=1S/C15H10BrClN2O2S/c16-9-5-6-12(10(17)7-9)21-8-14(20)19-15-18-11-3-1-2-4-13(11)22-15/h1-7H,8H2,(H,18,19,20). The number of rotatable bonds is 4. The van der Waals surface area contributed by atoms with Crippen LogP contribution in [0.25, 0.3) is 10.2 Å². The van der Waals surface area contributed by atoms with Gasteiger partial charge in [-0.3, -0.25) is 10.1 Å². The maximum Gasteiger partial charge on any atom is 0.264 e. The van der Waals surface area contributed by atoms with Gasteiger partial charge in [-0.2, -0.15) is 0 Å². The summed E-state index contributed by atoms with van der Waals surface area (Å²) in [5, 5.41) is 3.72. The monoisotopic (exact) mass is 396 g/mol. The number of carbonyl (C=O) groups excluding carboxylic acids is 1. The lowest BCUT2D eigenvalue weighted by molar-refractivity contribution is -0.118. The SMILES string of the molecule is O=C(COc1ccc(Br)cc1Cl)Nc1nc2ccccc2s1. The van der Waals surface area contributed by atoms with Gasteiger partial charge in [-0.25, -0.2) is 4.98 Å². The summed E-state index contributed by atoms with van der Waals surface area (Å²) in [7, 11) is 0. The second-order valence-corrected chi connectivity index (χ2v) is 6.75. The summed E-state index contributed by atoms with van der Waals surface area (Å²) in [6.07, 6.45) is 0. The summed E-state index contributed by atoms with van der Waals surface area (Å²) < 4.78 is 7.29. The van der Waals surface area contributed by atoms with Gasteiger partial charge in [-0.05, 0) is 30.3 Å². The number of halogens is 2. The summed E-state index contributed by atoms with van der Waals surface area (Å²) in [6.45, 7) is -0.128. The number of benzene rings is 2. The van der Waals surface area contributed by atoms with E-state index in [0.717, 1.165) is 14.7 Å². The van der Waals surface area contributed by atoms with Crippen molar-refractivity contribution >= 4 is 60.1 Å². The molecule has 0 aliphatic rings. The van der Waals surface area contributed by atoms with Crippen LogP contribution in [0.15, 0.2) is 46.9 Å². The van der Waals surface area contributed by atoms with Gasteiger partial charge in [0.25, 0.3) is 5.91 Å². The number of amides is 1. The molecule has 0 fully saturated rings. The van der Waals surface area contributed by atoms with Gasteiger partial charge >= 0.3 is 0 Å². The van der Waals surface area contributed by atoms with Crippen molar-refractivity contribution < 1.29 is 9.53 Å². The molecule has 0 unspecified atom stereocenters. The number of anilines is 1. The molecule has 22 heavy (non-hydrogen) atoms. The van der Waals surface area contributed by atoms with E-state index in [0.29, 0.717) is 15.9 Å². The van der Waals surface area contributed by atoms with E-state index in [2.05, 4.69) is 26.2 Å². The first-order chi connectivity index (χ1) is 10.6. The van der Waals surface area contributed by atoms with Crippen LogP contribution in [0.1, 0.15) is 0 Å². The van der Waals surface area contributed by atoms with E-state index >= 15 is 0 Å². The van der Waals surface area contributed by atoms with Crippen molar-refractivity contribution in [3.8, 4) is 5.75 Å². The van der Waals surface area contributed by atoms with E-state index in [1.165, 1.54) is 11.3 Å². The zero-order valence-electron chi connectivity index (χ0n) is 11.2. The van der Waals surface area contributed by atoms with Crippen molar-refractivity contribution in [1.29, 1.82) is 0 Å². The Kier molecular flexibility index (Phi) is 4.61. The molecule has 0 aliphatic carbocycles. The lowest BCUT2D eigenvalue weighted by Gasteiger charge is -2.07. The van der Waals surface area contributed by atoms with Crippen molar-refractivity contribution in [1.82, 2.24) is 4.98 Å². The molecule has 7 heteroatoms. The molecule has 0 spiro atoms. The van der Waals surface area contributed by atoms with Crippen LogP contribution < -0.4 is 10.1 Å². The minimum absolute atomic E-state index is 0.128. The summed E-state index contributed by atoms with van der Waals surface area (Å²) in [5.41, 5.74) is 0.861. The molecule has 3 rings (SSSR count). The summed E-state index contributed by atoms with van der Waals surface area (Å²) in [5.74, 6) is 0.183. The molecule has 1 amide bonds. The molecular weight excluding hydrogens is 388 g/mol. The molecule has 0 saturated heterocycles. The summed E-state index contributed by atoms with van der Waals surface area (Å²) >= 11 is 10.8. The number of ether oxygens (including phenoxy) is 1. The molecule has 0 atom stereocenters. The molecule has 3 aromatic rings. The van der Waals surface area contributed by atoms with Crippen LogP contribution in [0.3, 0.4) is 0 Å². The van der Waals surface area contributed by atoms with E-state index in [9.17, 15) is 4.79 Å². The van der Waals surface area contributed by atoms with E-state index in [4.69, 9.17) is 16.3 Å². The fourth-order valence-corrected chi connectivity index (χ4v) is 3.43. The predicted octanol–water partition coefficient (Wildman–Crippen LogP) is 4.73. The topological polar surface area (TPSA) is 51.2 Å². The second-order valence-electron chi connectivity index (χ2n) is 4.40. The van der Waals surface area contributed by atoms with Crippen LogP contribution in [0.4, 0.5) is 5.13 Å². The molecule has 0 radical (unpaired) electrons. The van der Waals surface area contributed by atoms with Crippen LogP contribution in [-0.2, 0) is 4.79 Å². The number of para-hydroxylation sites is 1. The van der Waals surface area contributed by atoms with Gasteiger partial charge in [-0.15, -0.1) is 0 Å². The molecule has 4 nitrogen and oxygen atoms in total. The normalized spacial score (nSPS) is 10.6. The molecule has 2 aromatic carbocycles. The summed E-state index contributed by atoms with van der Waals surface area (Å²) in [4.78, 5) is 16.3. The Balaban J connectivity index is 1.62. The second kappa shape index (κ2) is 6.64. The van der Waals surface area contributed by atoms with Crippen LogP contribution in [0.2, 0.25) is 5.02 Å². The molecule has 112 valence electrons. The predicted molar refractivity (Wildman–Crippen MR) is 92.9 cm³/mol. The molecule has 0 aliphatic heterocycles. The smallest absolute Gasteiger partial charge is 0.264 e. The van der Waals surface area contributed by atoms with Crippen molar-refractivity contribution in [2.24, 2.45) is 0 Å². The third kappa shape index (κ3) is 3.58. The van der Waals surface area contributed by atoms with Gasteiger partial charge < -0.3 is 4.74 Å². The van der Waals surface area contributed by atoms with Gasteiger partial charge in [0.2, 0.25) is 0 Å². The van der Waals surface area contributed by atoms with Gasteiger partial charge in [0, 0.05) is 4.47 Å². The quantitative estimate of drug-likeness (QED) is 0.692. The first kappa shape index (κ1) is 15.3. The number of nitrogens with zero attached hydrogens (tertiary/aromatic N) is 1. The zero-order chi connectivity index (χ0) is 15.5. The van der Waals surface area contributed by atoms with E-state index in [1.54, 1.807) is 18.2 Å². The highest BCUT2D eigenvalue weighted by Gasteiger charge is 2.09. The molecule has 0 saturated carbocycles. The highest BCUT2D eigenvalue weighted by Crippen LogP contribution is 2.28. The maximum absolute atomic E-state index is 11.9. The maximum atomic E-state index is 11.9. The van der Waals surface area contributed by atoms with Crippen LogP contribution in [0, 0.1) is 0 Å². The highest BCUT2D eigenvalue weighted by atomic mass is 79.9. The van der Waals surface area contributed by atoms with E-state index in [1.807, 2.05) is 24.3 Å². The zero-order valence-corrected chi connectivity index (χ0v) is 14.3. The number of fused-ring (bicyclic) bond motifs is 1. The van der Waals surface area contributed by atoms with Crippen LogP contribution in [-0.4, -0.2) is 17.5 Å². The Labute approximate surface area is 144 Å². The first-order valence-corrected chi connectivity index (χ1v) is 8.34. The number of thiazole rings is 1. The average Bonchev–Trinajstić information content (AvgIpc) is 2.88. The van der Waals surface area contributed by atoms with Crippen molar-refractivity contribution in [3.05, 3.63) is 52.0 Å². The first-order valence-electron chi connectivity index (χ1n) is 6.35. The van der Waals surface area contributed by atoms with E-state index < -0.39 is 0 Å². The minimum atomic E-state index is -0.280. The van der Waals surface area contributed by atoms with Crippen LogP contribution >= 0.6 is 38.9 Å². The molecule has 0 bridgehead atoms. The Hall–Kier alpha value is -1.63. The highest BCUT2D eigenvalue weighted by molar-refractivity contribution is 9.10. The van der Waals surface area contributed by atoms with Gasteiger partial charge in [0.05, 0.1) is 15.2 Å². The van der Waals surface area contributed by atoms with Crippen molar-refractivity contribution in [3.63, 3.8) is 0 Å². The third-order valence-electron chi connectivity index (χ3n) is 2.79.